The zero-order chi connectivity index (χ0) is 11.6. The zero-order valence-electron chi connectivity index (χ0n) is 10.7. The van der Waals surface area contributed by atoms with Crippen LogP contribution in [0.4, 0.5) is 0 Å². The van der Waals surface area contributed by atoms with Gasteiger partial charge in [0, 0.05) is 6.04 Å². The van der Waals surface area contributed by atoms with Crippen molar-refractivity contribution in [2.24, 2.45) is 5.92 Å². The molecule has 16 heavy (non-hydrogen) atoms. The van der Waals surface area contributed by atoms with Gasteiger partial charge in [-0.15, -0.1) is 0 Å². The van der Waals surface area contributed by atoms with Crippen LogP contribution in [0, 0.1) is 5.92 Å². The smallest absolute Gasteiger partial charge is 0.207 e. The van der Waals surface area contributed by atoms with Crippen molar-refractivity contribution in [2.45, 2.75) is 77.2 Å². The maximum absolute atomic E-state index is 10.5. The summed E-state index contributed by atoms with van der Waals surface area (Å²) >= 11 is 0. The topological polar surface area (TPSA) is 29.1 Å². The summed E-state index contributed by atoms with van der Waals surface area (Å²) in [7, 11) is 0. The zero-order valence-corrected chi connectivity index (χ0v) is 10.7. The number of carbonyl (C=O) groups excluding carboxylic acids is 1. The predicted octanol–water partition coefficient (Wildman–Crippen LogP) is 3.65. The first-order valence-electron chi connectivity index (χ1n) is 7.02. The van der Waals surface area contributed by atoms with Gasteiger partial charge in [-0.1, -0.05) is 58.3 Å². The van der Waals surface area contributed by atoms with Gasteiger partial charge in [-0.3, -0.25) is 4.79 Å². The molecule has 0 bridgehead atoms. The Labute approximate surface area is 100 Å². The van der Waals surface area contributed by atoms with E-state index in [0.29, 0.717) is 6.04 Å². The maximum Gasteiger partial charge on any atom is 0.207 e. The highest BCUT2D eigenvalue weighted by Gasteiger charge is 2.10. The second-order valence-electron chi connectivity index (χ2n) is 5.36. The van der Waals surface area contributed by atoms with E-state index in [0.717, 1.165) is 12.3 Å². The SMILES string of the molecule is CC1CCCCCCCC(NC=O)CCC1. The molecule has 1 aliphatic rings. The normalized spacial score (nSPS) is 29.8. The van der Waals surface area contributed by atoms with Crippen molar-refractivity contribution < 1.29 is 4.79 Å². The van der Waals surface area contributed by atoms with Gasteiger partial charge < -0.3 is 5.32 Å². The maximum atomic E-state index is 10.5. The summed E-state index contributed by atoms with van der Waals surface area (Å²) in [4.78, 5) is 10.5. The van der Waals surface area contributed by atoms with Crippen molar-refractivity contribution in [1.29, 1.82) is 0 Å². The van der Waals surface area contributed by atoms with Crippen LogP contribution in [0.25, 0.3) is 0 Å². The van der Waals surface area contributed by atoms with E-state index in [9.17, 15) is 4.79 Å². The van der Waals surface area contributed by atoms with Crippen LogP contribution in [0.3, 0.4) is 0 Å². The summed E-state index contributed by atoms with van der Waals surface area (Å²) in [5.41, 5.74) is 0. The summed E-state index contributed by atoms with van der Waals surface area (Å²) in [6.07, 6.45) is 14.0. The Kier molecular flexibility index (Phi) is 7.28. The first kappa shape index (κ1) is 13.5. The Bertz CT molecular complexity index is 182. The van der Waals surface area contributed by atoms with Gasteiger partial charge in [-0.2, -0.15) is 0 Å². The highest BCUT2D eigenvalue weighted by atomic mass is 16.1. The van der Waals surface area contributed by atoms with Gasteiger partial charge in [0.1, 0.15) is 0 Å². The van der Waals surface area contributed by atoms with Crippen molar-refractivity contribution in [3.05, 3.63) is 0 Å². The molecule has 0 saturated heterocycles. The third-order valence-corrected chi connectivity index (χ3v) is 3.80. The van der Waals surface area contributed by atoms with Crippen LogP contribution in [0.1, 0.15) is 71.1 Å². The number of rotatable bonds is 2. The lowest BCUT2D eigenvalue weighted by Gasteiger charge is -2.18. The lowest BCUT2D eigenvalue weighted by atomic mass is 9.93. The molecule has 0 aromatic carbocycles. The van der Waals surface area contributed by atoms with Crippen LogP contribution < -0.4 is 5.32 Å². The fourth-order valence-corrected chi connectivity index (χ4v) is 2.68. The standard InChI is InChI=1S/C14H27NO/c1-13-8-5-3-2-4-6-10-14(15-12-16)11-7-9-13/h12-14H,2-11H2,1H3,(H,15,16). The van der Waals surface area contributed by atoms with Crippen molar-refractivity contribution in [3.8, 4) is 0 Å². The van der Waals surface area contributed by atoms with Crippen LogP contribution in [0.15, 0.2) is 0 Å². The highest BCUT2D eigenvalue weighted by Crippen LogP contribution is 2.20. The number of nitrogens with one attached hydrogen (secondary N) is 1. The van der Waals surface area contributed by atoms with Crippen LogP contribution >= 0.6 is 0 Å². The molecule has 0 radical (unpaired) electrons. The molecule has 0 aromatic rings. The highest BCUT2D eigenvalue weighted by molar-refractivity contribution is 5.46. The Morgan fingerprint density at radius 3 is 2.19 bits per heavy atom. The predicted molar refractivity (Wildman–Crippen MR) is 68.3 cm³/mol. The van der Waals surface area contributed by atoms with Gasteiger partial charge in [0.25, 0.3) is 0 Å². The van der Waals surface area contributed by atoms with Gasteiger partial charge >= 0.3 is 0 Å². The lowest BCUT2D eigenvalue weighted by Crippen LogP contribution is -2.27. The molecular formula is C14H27NO. The average molecular weight is 225 g/mol. The Balaban J connectivity index is 2.30. The number of hydrogen-bond donors (Lipinski definition) is 1. The number of hydrogen-bond acceptors (Lipinski definition) is 1. The molecule has 1 aliphatic carbocycles. The number of carbonyl (C=O) groups is 1. The molecule has 1 fully saturated rings. The first-order chi connectivity index (χ1) is 7.83. The molecule has 0 heterocycles. The molecule has 1 amide bonds. The summed E-state index contributed by atoms with van der Waals surface area (Å²) in [5.74, 6) is 0.872. The van der Waals surface area contributed by atoms with Gasteiger partial charge in [0.15, 0.2) is 0 Å². The van der Waals surface area contributed by atoms with Crippen molar-refractivity contribution in [1.82, 2.24) is 5.32 Å². The lowest BCUT2D eigenvalue weighted by molar-refractivity contribution is -0.110. The molecule has 0 aromatic heterocycles. The van der Waals surface area contributed by atoms with Crippen LogP contribution in [-0.4, -0.2) is 12.5 Å². The molecule has 0 spiro atoms. The summed E-state index contributed by atoms with van der Waals surface area (Å²) < 4.78 is 0. The quantitative estimate of drug-likeness (QED) is 0.714. The van der Waals surface area contributed by atoms with Gasteiger partial charge in [0.05, 0.1) is 0 Å². The summed E-state index contributed by atoms with van der Waals surface area (Å²) in [6, 6.07) is 0.434. The van der Waals surface area contributed by atoms with E-state index in [-0.39, 0.29) is 0 Å². The molecule has 2 unspecified atom stereocenters. The molecule has 1 rings (SSSR count). The Morgan fingerprint density at radius 1 is 0.875 bits per heavy atom. The molecule has 1 N–H and O–H groups in total. The van der Waals surface area contributed by atoms with Crippen molar-refractivity contribution >= 4 is 6.41 Å². The van der Waals surface area contributed by atoms with Crippen LogP contribution in [0.5, 0.6) is 0 Å². The number of amides is 1. The third kappa shape index (κ3) is 6.14. The largest absolute Gasteiger partial charge is 0.356 e. The molecule has 2 heteroatoms. The van der Waals surface area contributed by atoms with Crippen LogP contribution in [0.2, 0.25) is 0 Å². The molecule has 2 nitrogen and oxygen atoms in total. The van der Waals surface area contributed by atoms with E-state index in [2.05, 4.69) is 12.2 Å². The van der Waals surface area contributed by atoms with E-state index in [1.165, 1.54) is 64.2 Å². The Morgan fingerprint density at radius 2 is 1.44 bits per heavy atom. The van der Waals surface area contributed by atoms with E-state index >= 15 is 0 Å². The summed E-state index contributed by atoms with van der Waals surface area (Å²) in [6.45, 7) is 2.37. The van der Waals surface area contributed by atoms with Crippen molar-refractivity contribution in [3.63, 3.8) is 0 Å². The fourth-order valence-electron chi connectivity index (χ4n) is 2.68. The minimum atomic E-state index is 0.434. The van der Waals surface area contributed by atoms with Gasteiger partial charge in [0.2, 0.25) is 6.41 Å². The van der Waals surface area contributed by atoms with Gasteiger partial charge in [-0.25, -0.2) is 0 Å². The molecule has 2 atom stereocenters. The minimum Gasteiger partial charge on any atom is -0.356 e. The Hall–Kier alpha value is -0.530. The first-order valence-corrected chi connectivity index (χ1v) is 7.02. The summed E-state index contributed by atoms with van der Waals surface area (Å²) in [5, 5.41) is 2.97. The fraction of sp³-hybridized carbons (Fsp3) is 0.929. The molecular weight excluding hydrogens is 198 g/mol. The van der Waals surface area contributed by atoms with Crippen molar-refractivity contribution in [2.75, 3.05) is 0 Å². The van der Waals surface area contributed by atoms with E-state index in [1.807, 2.05) is 0 Å². The molecule has 1 saturated carbocycles. The van der Waals surface area contributed by atoms with E-state index in [4.69, 9.17) is 0 Å². The molecule has 0 aliphatic heterocycles. The second kappa shape index (κ2) is 8.60. The van der Waals surface area contributed by atoms with E-state index < -0.39 is 0 Å². The second-order valence-corrected chi connectivity index (χ2v) is 5.36. The monoisotopic (exact) mass is 225 g/mol. The molecule has 94 valence electrons. The van der Waals surface area contributed by atoms with Crippen LogP contribution in [-0.2, 0) is 4.79 Å². The third-order valence-electron chi connectivity index (χ3n) is 3.80. The van der Waals surface area contributed by atoms with E-state index in [1.54, 1.807) is 0 Å². The minimum absolute atomic E-state index is 0.434. The van der Waals surface area contributed by atoms with Gasteiger partial charge in [-0.05, 0) is 18.8 Å². The average Bonchev–Trinajstić information content (AvgIpc) is 2.25.